The number of aliphatic hydroxyl groups excluding tert-OH is 1. The first kappa shape index (κ1) is 10.8. The van der Waals surface area contributed by atoms with Crippen molar-refractivity contribution in [2.45, 2.75) is 39.2 Å². The third-order valence-electron chi connectivity index (χ3n) is 3.05. The van der Waals surface area contributed by atoms with Crippen molar-refractivity contribution in [3.63, 3.8) is 0 Å². The van der Waals surface area contributed by atoms with Crippen LogP contribution in [0.2, 0.25) is 0 Å². The van der Waals surface area contributed by atoms with E-state index in [9.17, 15) is 5.11 Å². The van der Waals surface area contributed by atoms with Crippen LogP contribution >= 0.6 is 22.6 Å². The fourth-order valence-electron chi connectivity index (χ4n) is 2.17. The van der Waals surface area contributed by atoms with Crippen LogP contribution in [0.25, 0.3) is 0 Å². The van der Waals surface area contributed by atoms with Crippen LogP contribution in [0, 0.1) is 17.8 Å². The summed E-state index contributed by atoms with van der Waals surface area (Å²) in [6.45, 7) is 4.44. The van der Waals surface area contributed by atoms with Crippen molar-refractivity contribution >= 4 is 22.6 Å². The van der Waals surface area contributed by atoms with Crippen molar-refractivity contribution in [2.24, 2.45) is 17.8 Å². The predicted octanol–water partition coefficient (Wildman–Crippen LogP) is 2.85. The van der Waals surface area contributed by atoms with Gasteiger partial charge in [-0.3, -0.25) is 0 Å². The smallest absolute Gasteiger partial charge is 0.0573 e. The van der Waals surface area contributed by atoms with Gasteiger partial charge in [0, 0.05) is 4.43 Å². The monoisotopic (exact) mass is 282 g/mol. The van der Waals surface area contributed by atoms with Crippen LogP contribution in [0.3, 0.4) is 0 Å². The average Bonchev–Trinajstić information content (AvgIpc) is 2.03. The highest BCUT2D eigenvalue weighted by Gasteiger charge is 2.30. The van der Waals surface area contributed by atoms with Gasteiger partial charge in [-0.1, -0.05) is 36.4 Å². The Bertz CT molecular complexity index is 136. The highest BCUT2D eigenvalue weighted by Crippen LogP contribution is 2.34. The minimum Gasteiger partial charge on any atom is -0.393 e. The average molecular weight is 282 g/mol. The van der Waals surface area contributed by atoms with Crippen LogP contribution in [-0.4, -0.2) is 15.6 Å². The summed E-state index contributed by atoms with van der Waals surface area (Å²) in [6.07, 6.45) is 3.56. The lowest BCUT2D eigenvalue weighted by Crippen LogP contribution is -2.33. The first-order valence-corrected chi connectivity index (χ1v) is 6.41. The van der Waals surface area contributed by atoms with Crippen LogP contribution in [0.1, 0.15) is 33.1 Å². The Hall–Kier alpha value is 0.690. The fourth-order valence-corrected chi connectivity index (χ4v) is 2.97. The maximum Gasteiger partial charge on any atom is 0.0573 e. The molecule has 0 aromatic heterocycles. The number of aliphatic hydroxyl groups is 1. The quantitative estimate of drug-likeness (QED) is 0.610. The second-order valence-corrected chi connectivity index (χ2v) is 5.19. The van der Waals surface area contributed by atoms with Gasteiger partial charge in [0.1, 0.15) is 0 Å². The van der Waals surface area contributed by atoms with Gasteiger partial charge in [-0.25, -0.2) is 0 Å². The Morgan fingerprint density at radius 1 is 1.42 bits per heavy atom. The van der Waals surface area contributed by atoms with E-state index in [1.165, 1.54) is 17.3 Å². The second kappa shape index (κ2) is 4.80. The molecule has 0 unspecified atom stereocenters. The van der Waals surface area contributed by atoms with E-state index in [4.69, 9.17) is 0 Å². The minimum atomic E-state index is -0.0292. The normalized spacial score (nSPS) is 37.2. The molecule has 1 rings (SSSR count). The molecule has 1 fully saturated rings. The van der Waals surface area contributed by atoms with Crippen molar-refractivity contribution in [1.82, 2.24) is 0 Å². The molecule has 0 aromatic carbocycles. The van der Waals surface area contributed by atoms with Gasteiger partial charge in [0.15, 0.2) is 0 Å². The van der Waals surface area contributed by atoms with Crippen molar-refractivity contribution in [3.05, 3.63) is 0 Å². The highest BCUT2D eigenvalue weighted by molar-refractivity contribution is 14.1. The lowest BCUT2D eigenvalue weighted by Gasteiger charge is -2.34. The molecule has 12 heavy (non-hydrogen) atoms. The zero-order chi connectivity index (χ0) is 9.14. The third-order valence-corrected chi connectivity index (χ3v) is 4.30. The summed E-state index contributed by atoms with van der Waals surface area (Å²) in [5.41, 5.74) is 0. The van der Waals surface area contributed by atoms with Crippen LogP contribution in [0.15, 0.2) is 0 Å². The lowest BCUT2D eigenvalue weighted by atomic mass is 9.75. The van der Waals surface area contributed by atoms with Gasteiger partial charge in [0.2, 0.25) is 0 Å². The Labute approximate surface area is 89.1 Å². The standard InChI is InChI=1S/C10H19IO/c1-7(2)9-4-3-8(6-11)5-10(9)12/h7-10,12H,3-6H2,1-2H3/t8-,9+,10-/m1/s1. The van der Waals surface area contributed by atoms with Crippen molar-refractivity contribution < 1.29 is 5.11 Å². The van der Waals surface area contributed by atoms with Gasteiger partial charge in [-0.05, 0) is 37.0 Å². The van der Waals surface area contributed by atoms with Crippen LogP contribution in [-0.2, 0) is 0 Å². The molecule has 1 nitrogen and oxygen atoms in total. The molecule has 72 valence electrons. The zero-order valence-corrected chi connectivity index (χ0v) is 10.1. The van der Waals surface area contributed by atoms with Gasteiger partial charge in [-0.2, -0.15) is 0 Å². The summed E-state index contributed by atoms with van der Waals surface area (Å²) < 4.78 is 1.21. The van der Waals surface area contributed by atoms with E-state index >= 15 is 0 Å². The van der Waals surface area contributed by atoms with E-state index in [2.05, 4.69) is 36.4 Å². The van der Waals surface area contributed by atoms with Gasteiger partial charge in [-0.15, -0.1) is 0 Å². The zero-order valence-electron chi connectivity index (χ0n) is 7.96. The Morgan fingerprint density at radius 2 is 2.08 bits per heavy atom. The highest BCUT2D eigenvalue weighted by atomic mass is 127. The molecular weight excluding hydrogens is 263 g/mol. The molecule has 1 saturated carbocycles. The maximum atomic E-state index is 9.84. The molecule has 1 aliphatic carbocycles. The Kier molecular flexibility index (Phi) is 4.30. The minimum absolute atomic E-state index is 0.0292. The largest absolute Gasteiger partial charge is 0.393 e. The molecular formula is C10H19IO. The number of halogens is 1. The lowest BCUT2D eigenvalue weighted by molar-refractivity contribution is 0.0280. The third kappa shape index (κ3) is 2.59. The Balaban J connectivity index is 2.42. The molecule has 3 atom stereocenters. The molecule has 2 heteroatoms. The first-order valence-electron chi connectivity index (χ1n) is 4.89. The maximum absolute atomic E-state index is 9.84. The summed E-state index contributed by atoms with van der Waals surface area (Å²) in [6, 6.07) is 0. The molecule has 1 N–H and O–H groups in total. The molecule has 0 radical (unpaired) electrons. The molecule has 0 spiro atoms. The molecule has 0 aromatic rings. The first-order chi connectivity index (χ1) is 5.65. The van der Waals surface area contributed by atoms with Gasteiger partial charge < -0.3 is 5.11 Å². The summed E-state index contributed by atoms with van der Waals surface area (Å²) in [5, 5.41) is 9.84. The molecule has 0 bridgehead atoms. The van der Waals surface area contributed by atoms with Crippen molar-refractivity contribution in [3.8, 4) is 0 Å². The van der Waals surface area contributed by atoms with E-state index in [0.717, 1.165) is 12.3 Å². The molecule has 1 aliphatic rings. The fraction of sp³-hybridized carbons (Fsp3) is 1.00. The molecule has 0 saturated heterocycles. The SMILES string of the molecule is CC(C)[C@@H]1CC[C@@H](CI)C[C@H]1O. The van der Waals surface area contributed by atoms with E-state index in [1.807, 2.05) is 0 Å². The molecule has 0 amide bonds. The summed E-state index contributed by atoms with van der Waals surface area (Å²) in [4.78, 5) is 0. The van der Waals surface area contributed by atoms with Crippen LogP contribution < -0.4 is 0 Å². The topological polar surface area (TPSA) is 20.2 Å². The molecule has 0 aliphatic heterocycles. The number of hydrogen-bond acceptors (Lipinski definition) is 1. The van der Waals surface area contributed by atoms with Crippen LogP contribution in [0.5, 0.6) is 0 Å². The predicted molar refractivity (Wildman–Crippen MR) is 60.6 cm³/mol. The molecule has 0 heterocycles. The van der Waals surface area contributed by atoms with Gasteiger partial charge >= 0.3 is 0 Å². The van der Waals surface area contributed by atoms with E-state index in [-0.39, 0.29) is 6.10 Å². The Morgan fingerprint density at radius 3 is 2.50 bits per heavy atom. The van der Waals surface area contributed by atoms with Gasteiger partial charge in [0.25, 0.3) is 0 Å². The van der Waals surface area contributed by atoms with E-state index in [1.54, 1.807) is 0 Å². The summed E-state index contributed by atoms with van der Waals surface area (Å²) in [7, 11) is 0. The number of rotatable bonds is 2. The number of hydrogen-bond donors (Lipinski definition) is 1. The second-order valence-electron chi connectivity index (χ2n) is 4.31. The van der Waals surface area contributed by atoms with Crippen LogP contribution in [0.4, 0.5) is 0 Å². The van der Waals surface area contributed by atoms with Gasteiger partial charge in [0.05, 0.1) is 6.10 Å². The van der Waals surface area contributed by atoms with E-state index < -0.39 is 0 Å². The summed E-state index contributed by atoms with van der Waals surface area (Å²) in [5.74, 6) is 1.98. The summed E-state index contributed by atoms with van der Waals surface area (Å²) >= 11 is 2.43. The van der Waals surface area contributed by atoms with E-state index in [0.29, 0.717) is 11.8 Å². The van der Waals surface area contributed by atoms with Crippen molar-refractivity contribution in [2.75, 3.05) is 4.43 Å². The number of alkyl halides is 1. The van der Waals surface area contributed by atoms with Crippen molar-refractivity contribution in [1.29, 1.82) is 0 Å².